The molecule has 86 valence electrons. The zero-order valence-corrected chi connectivity index (χ0v) is 9.95. The van der Waals surface area contributed by atoms with Gasteiger partial charge in [0, 0.05) is 11.9 Å². The summed E-state index contributed by atoms with van der Waals surface area (Å²) in [4.78, 5) is 17.5. The quantitative estimate of drug-likeness (QED) is 0.804. The number of nitrogens with zero attached hydrogens (tertiary/aromatic N) is 2. The van der Waals surface area contributed by atoms with E-state index in [2.05, 4.69) is 4.98 Å². The Balaban J connectivity index is 2.16. The van der Waals surface area contributed by atoms with Gasteiger partial charge in [-0.05, 0) is 19.9 Å². The van der Waals surface area contributed by atoms with Gasteiger partial charge in [-0.25, -0.2) is 0 Å². The number of aromatic nitrogens is 1. The number of carbonyl (C=O) groups is 1. The average Bonchev–Trinajstić information content (AvgIpc) is 2.13. The second-order valence-corrected chi connectivity index (χ2v) is 4.87. The van der Waals surface area contributed by atoms with Crippen molar-refractivity contribution in [1.29, 1.82) is 0 Å². The molecule has 0 spiro atoms. The first kappa shape index (κ1) is 11.4. The van der Waals surface area contributed by atoms with E-state index < -0.39 is 5.60 Å². The number of hydrogen-bond acceptors (Lipinski definition) is 3. The van der Waals surface area contributed by atoms with Crippen molar-refractivity contribution in [3.8, 4) is 0 Å². The topological polar surface area (TPSA) is 53.4 Å². The van der Waals surface area contributed by atoms with Crippen LogP contribution in [0.5, 0.6) is 0 Å². The summed E-state index contributed by atoms with van der Waals surface area (Å²) in [6, 6.07) is 1.66. The van der Waals surface area contributed by atoms with Crippen LogP contribution in [-0.2, 0) is 0 Å². The molecule has 2 heterocycles. The normalized spacial score (nSPS) is 18.1. The number of aryl methyl sites for hydroxylation is 1. The summed E-state index contributed by atoms with van der Waals surface area (Å²) in [7, 11) is 0. The summed E-state index contributed by atoms with van der Waals surface area (Å²) in [5.41, 5.74) is 0.403. The Bertz CT molecular complexity index is 438. The number of pyridine rings is 1. The van der Waals surface area contributed by atoms with Gasteiger partial charge < -0.3 is 10.0 Å². The van der Waals surface area contributed by atoms with Crippen LogP contribution < -0.4 is 0 Å². The van der Waals surface area contributed by atoms with Gasteiger partial charge in [-0.1, -0.05) is 11.6 Å². The van der Waals surface area contributed by atoms with Crippen molar-refractivity contribution in [1.82, 2.24) is 9.88 Å². The van der Waals surface area contributed by atoms with Crippen molar-refractivity contribution < 1.29 is 9.90 Å². The SMILES string of the molecule is Cc1cc(Cl)c(C(=O)N2CC(C)(O)C2)cn1. The van der Waals surface area contributed by atoms with E-state index >= 15 is 0 Å². The molecule has 1 aromatic rings. The third kappa shape index (κ3) is 2.03. The molecule has 0 aromatic carbocycles. The first-order chi connectivity index (χ1) is 7.39. The van der Waals surface area contributed by atoms with Crippen molar-refractivity contribution in [2.24, 2.45) is 0 Å². The second kappa shape index (κ2) is 3.71. The van der Waals surface area contributed by atoms with Crippen LogP contribution in [0.4, 0.5) is 0 Å². The van der Waals surface area contributed by atoms with Gasteiger partial charge in [0.2, 0.25) is 0 Å². The van der Waals surface area contributed by atoms with Crippen LogP contribution in [0, 0.1) is 6.92 Å². The summed E-state index contributed by atoms with van der Waals surface area (Å²) in [5.74, 6) is -0.177. The van der Waals surface area contributed by atoms with Crippen LogP contribution in [0.2, 0.25) is 5.02 Å². The number of rotatable bonds is 1. The third-order valence-electron chi connectivity index (χ3n) is 2.57. The fourth-order valence-corrected chi connectivity index (χ4v) is 2.06. The molecule has 1 amide bonds. The molecule has 0 bridgehead atoms. The molecule has 0 radical (unpaired) electrons. The number of likely N-dealkylation sites (tertiary alicyclic amines) is 1. The van der Waals surface area contributed by atoms with Crippen LogP contribution in [-0.4, -0.2) is 39.6 Å². The molecule has 0 atom stereocenters. The maximum atomic E-state index is 11.9. The molecule has 1 N–H and O–H groups in total. The lowest BCUT2D eigenvalue weighted by atomic mass is 9.96. The monoisotopic (exact) mass is 240 g/mol. The average molecular weight is 241 g/mol. The Morgan fingerprint density at radius 3 is 2.75 bits per heavy atom. The molecule has 5 heteroatoms. The molecule has 4 nitrogen and oxygen atoms in total. The second-order valence-electron chi connectivity index (χ2n) is 4.46. The lowest BCUT2D eigenvalue weighted by Gasteiger charge is -2.44. The number of halogens is 1. The van der Waals surface area contributed by atoms with E-state index in [1.54, 1.807) is 17.9 Å². The van der Waals surface area contributed by atoms with Crippen LogP contribution in [0.1, 0.15) is 23.0 Å². The lowest BCUT2D eigenvalue weighted by molar-refractivity contribution is -0.0668. The van der Waals surface area contributed by atoms with Crippen LogP contribution in [0.15, 0.2) is 12.3 Å². The van der Waals surface area contributed by atoms with E-state index in [1.165, 1.54) is 6.20 Å². The first-order valence-corrected chi connectivity index (χ1v) is 5.41. The molecule has 0 saturated carbocycles. The Kier molecular flexibility index (Phi) is 2.64. The molecule has 1 aliphatic rings. The van der Waals surface area contributed by atoms with Gasteiger partial charge in [-0.3, -0.25) is 9.78 Å². The zero-order valence-electron chi connectivity index (χ0n) is 9.20. The number of hydrogen-bond donors (Lipinski definition) is 1. The summed E-state index contributed by atoms with van der Waals surface area (Å²) in [6.07, 6.45) is 1.48. The Morgan fingerprint density at radius 2 is 2.25 bits per heavy atom. The molecule has 1 aromatic heterocycles. The molecular weight excluding hydrogens is 228 g/mol. The number of aliphatic hydroxyl groups is 1. The van der Waals surface area contributed by atoms with Crippen molar-refractivity contribution >= 4 is 17.5 Å². The van der Waals surface area contributed by atoms with Crippen molar-refractivity contribution in [2.75, 3.05) is 13.1 Å². The van der Waals surface area contributed by atoms with E-state index in [4.69, 9.17) is 11.6 Å². The van der Waals surface area contributed by atoms with Gasteiger partial charge in [0.1, 0.15) is 0 Å². The van der Waals surface area contributed by atoms with Crippen molar-refractivity contribution in [3.05, 3.63) is 28.5 Å². The number of β-amino-alcohol motifs (C(OH)–C–C–N with tert-alkyl or cyclic N) is 1. The minimum Gasteiger partial charge on any atom is -0.386 e. The maximum absolute atomic E-state index is 11.9. The maximum Gasteiger partial charge on any atom is 0.257 e. The molecule has 16 heavy (non-hydrogen) atoms. The highest BCUT2D eigenvalue weighted by Gasteiger charge is 2.40. The van der Waals surface area contributed by atoms with Gasteiger partial charge in [0.15, 0.2) is 0 Å². The number of amides is 1. The fourth-order valence-electron chi connectivity index (χ4n) is 1.77. The van der Waals surface area contributed by atoms with Gasteiger partial charge >= 0.3 is 0 Å². The van der Waals surface area contributed by atoms with Crippen LogP contribution >= 0.6 is 11.6 Å². The van der Waals surface area contributed by atoms with Crippen LogP contribution in [0.25, 0.3) is 0 Å². The highest BCUT2D eigenvalue weighted by Crippen LogP contribution is 2.25. The van der Waals surface area contributed by atoms with E-state index in [1.807, 2.05) is 6.92 Å². The van der Waals surface area contributed by atoms with Crippen molar-refractivity contribution in [2.45, 2.75) is 19.4 Å². The lowest BCUT2D eigenvalue weighted by Crippen LogP contribution is -2.61. The van der Waals surface area contributed by atoms with Gasteiger partial charge in [-0.2, -0.15) is 0 Å². The molecule has 0 unspecified atom stereocenters. The molecule has 1 fully saturated rings. The smallest absolute Gasteiger partial charge is 0.257 e. The Morgan fingerprint density at radius 1 is 1.62 bits per heavy atom. The largest absolute Gasteiger partial charge is 0.386 e. The predicted octanol–water partition coefficient (Wildman–Crippen LogP) is 1.25. The fraction of sp³-hybridized carbons (Fsp3) is 0.455. The molecule has 0 aliphatic carbocycles. The molecular formula is C11H13ClN2O2. The van der Waals surface area contributed by atoms with E-state index in [-0.39, 0.29) is 5.91 Å². The summed E-state index contributed by atoms with van der Waals surface area (Å²) >= 11 is 5.97. The van der Waals surface area contributed by atoms with E-state index in [0.29, 0.717) is 23.7 Å². The van der Waals surface area contributed by atoms with Gasteiger partial charge in [-0.15, -0.1) is 0 Å². The van der Waals surface area contributed by atoms with E-state index in [9.17, 15) is 9.90 Å². The Hall–Kier alpha value is -1.13. The van der Waals surface area contributed by atoms with Crippen molar-refractivity contribution in [3.63, 3.8) is 0 Å². The highest BCUT2D eigenvalue weighted by atomic mass is 35.5. The Labute approximate surface area is 98.9 Å². The molecule has 1 aliphatic heterocycles. The summed E-state index contributed by atoms with van der Waals surface area (Å²) < 4.78 is 0. The van der Waals surface area contributed by atoms with Crippen LogP contribution in [0.3, 0.4) is 0 Å². The van der Waals surface area contributed by atoms with Gasteiger partial charge in [0.25, 0.3) is 5.91 Å². The first-order valence-electron chi connectivity index (χ1n) is 5.03. The minimum atomic E-state index is -0.764. The third-order valence-corrected chi connectivity index (χ3v) is 2.88. The zero-order chi connectivity index (χ0) is 11.9. The minimum absolute atomic E-state index is 0.177. The molecule has 1 saturated heterocycles. The standard InChI is InChI=1S/C11H13ClN2O2/c1-7-3-9(12)8(4-13-7)10(15)14-5-11(2,16)6-14/h3-4,16H,5-6H2,1-2H3. The van der Waals surface area contributed by atoms with E-state index in [0.717, 1.165) is 5.69 Å². The molecule has 2 rings (SSSR count). The highest BCUT2D eigenvalue weighted by molar-refractivity contribution is 6.33. The predicted molar refractivity (Wildman–Crippen MR) is 60.5 cm³/mol. The summed E-state index contributed by atoms with van der Waals surface area (Å²) in [5, 5.41) is 9.96. The summed E-state index contributed by atoms with van der Waals surface area (Å²) in [6.45, 7) is 4.20. The number of carbonyl (C=O) groups excluding carboxylic acids is 1. The van der Waals surface area contributed by atoms with Gasteiger partial charge in [0.05, 0.1) is 29.3 Å².